The van der Waals surface area contributed by atoms with Gasteiger partial charge in [-0.15, -0.1) is 6.58 Å². The molecule has 2 aromatic carbocycles. The number of rotatable bonds is 8. The maximum absolute atomic E-state index is 13.6. The maximum Gasteiger partial charge on any atom is 0.208 e. The van der Waals surface area contributed by atoms with Gasteiger partial charge in [-0.2, -0.15) is 11.3 Å². The Morgan fingerprint density at radius 1 is 1.06 bits per heavy atom. The van der Waals surface area contributed by atoms with E-state index in [0.29, 0.717) is 5.82 Å². The number of nitrogens with zero attached hydrogens (tertiary/aromatic N) is 3. The number of ketones is 1. The van der Waals surface area contributed by atoms with E-state index >= 15 is 0 Å². The standard InChI is InChI=1S/C26H23N3OS/c1-3-22(23(21-14-17-31-18-21)25(30)26-27-15-16-29(26)2)28-24(19-10-6-4-7-11-19)20-12-8-5-9-13-20/h3-18,22-23H,1H2,2H3/t22-,23-/m0/s1. The molecule has 154 valence electrons. The normalized spacial score (nSPS) is 12.7. The van der Waals surface area contributed by atoms with Crippen molar-refractivity contribution in [2.75, 3.05) is 0 Å². The number of carbonyl (C=O) groups excluding carboxylic acids is 1. The summed E-state index contributed by atoms with van der Waals surface area (Å²) < 4.78 is 1.75. The fourth-order valence-electron chi connectivity index (χ4n) is 3.62. The first-order chi connectivity index (χ1) is 15.2. The van der Waals surface area contributed by atoms with Crippen molar-refractivity contribution >= 4 is 22.8 Å². The topological polar surface area (TPSA) is 47.2 Å². The van der Waals surface area contributed by atoms with Gasteiger partial charge in [-0.05, 0) is 22.4 Å². The van der Waals surface area contributed by atoms with Gasteiger partial charge in [0.1, 0.15) is 0 Å². The Morgan fingerprint density at radius 2 is 1.71 bits per heavy atom. The number of aryl methyl sites for hydroxylation is 1. The molecule has 2 atom stereocenters. The van der Waals surface area contributed by atoms with E-state index in [4.69, 9.17) is 4.99 Å². The fourth-order valence-corrected chi connectivity index (χ4v) is 4.31. The summed E-state index contributed by atoms with van der Waals surface area (Å²) in [5, 5.41) is 3.98. The van der Waals surface area contributed by atoms with Crippen LogP contribution in [0.2, 0.25) is 0 Å². The molecule has 0 saturated heterocycles. The highest BCUT2D eigenvalue weighted by Crippen LogP contribution is 2.29. The third-order valence-electron chi connectivity index (χ3n) is 5.18. The lowest BCUT2D eigenvalue weighted by Gasteiger charge is -2.21. The minimum atomic E-state index is -0.507. The number of imidazole rings is 1. The highest BCUT2D eigenvalue weighted by molar-refractivity contribution is 7.08. The van der Waals surface area contributed by atoms with Gasteiger partial charge in [0, 0.05) is 30.6 Å². The highest BCUT2D eigenvalue weighted by Gasteiger charge is 2.32. The second kappa shape index (κ2) is 9.49. The van der Waals surface area contributed by atoms with Crippen LogP contribution < -0.4 is 0 Å². The van der Waals surface area contributed by atoms with Crippen LogP contribution in [-0.4, -0.2) is 27.1 Å². The minimum absolute atomic E-state index is 0.0694. The molecule has 5 heteroatoms. The van der Waals surface area contributed by atoms with Gasteiger partial charge in [-0.1, -0.05) is 66.7 Å². The number of benzene rings is 2. The average Bonchev–Trinajstić information content (AvgIpc) is 3.49. The Hall–Kier alpha value is -3.57. The molecule has 0 aliphatic rings. The monoisotopic (exact) mass is 425 g/mol. The molecule has 4 nitrogen and oxygen atoms in total. The summed E-state index contributed by atoms with van der Waals surface area (Å²) in [6.45, 7) is 4.04. The molecule has 0 aliphatic carbocycles. The van der Waals surface area contributed by atoms with E-state index in [-0.39, 0.29) is 5.78 Å². The highest BCUT2D eigenvalue weighted by atomic mass is 32.1. The summed E-state index contributed by atoms with van der Waals surface area (Å²) in [5.41, 5.74) is 3.74. The Balaban J connectivity index is 1.84. The summed E-state index contributed by atoms with van der Waals surface area (Å²) in [5.74, 6) is -0.161. The molecular weight excluding hydrogens is 402 g/mol. The van der Waals surface area contributed by atoms with Gasteiger partial charge in [0.05, 0.1) is 17.7 Å². The number of Topliss-reactive ketones (excluding diaryl/α,β-unsaturated/α-hetero) is 1. The molecule has 0 saturated carbocycles. The summed E-state index contributed by atoms with van der Waals surface area (Å²) in [7, 11) is 1.83. The molecular formula is C26H23N3OS. The third kappa shape index (κ3) is 4.47. The zero-order chi connectivity index (χ0) is 21.6. The molecule has 0 N–H and O–H groups in total. The van der Waals surface area contributed by atoms with Crippen LogP contribution in [0.3, 0.4) is 0 Å². The van der Waals surface area contributed by atoms with E-state index in [1.807, 2.05) is 84.5 Å². The van der Waals surface area contributed by atoms with Crippen LogP contribution in [0.5, 0.6) is 0 Å². The summed E-state index contributed by atoms with van der Waals surface area (Å²) >= 11 is 1.56. The van der Waals surface area contributed by atoms with Crippen molar-refractivity contribution in [1.82, 2.24) is 9.55 Å². The van der Waals surface area contributed by atoms with Gasteiger partial charge in [-0.25, -0.2) is 4.98 Å². The van der Waals surface area contributed by atoms with E-state index in [2.05, 4.69) is 11.6 Å². The summed E-state index contributed by atoms with van der Waals surface area (Å²) in [6.07, 6.45) is 5.18. The fraction of sp³-hybridized carbons (Fsp3) is 0.115. The second-order valence-electron chi connectivity index (χ2n) is 7.20. The maximum atomic E-state index is 13.6. The van der Waals surface area contributed by atoms with Gasteiger partial charge in [0.25, 0.3) is 0 Å². The summed E-state index contributed by atoms with van der Waals surface area (Å²) in [6, 6.07) is 21.6. The number of aliphatic imine (C=N–C) groups is 1. The SMILES string of the molecule is C=C[C@H](N=C(c1ccccc1)c1ccccc1)[C@@H](C(=O)c1nccn1C)c1ccsc1. The van der Waals surface area contributed by atoms with Gasteiger partial charge in [0.15, 0.2) is 5.82 Å². The smallest absolute Gasteiger partial charge is 0.208 e. The molecule has 0 radical (unpaired) electrons. The van der Waals surface area contributed by atoms with Gasteiger partial charge in [-0.3, -0.25) is 9.79 Å². The van der Waals surface area contributed by atoms with Crippen LogP contribution >= 0.6 is 11.3 Å². The number of aromatic nitrogens is 2. The lowest BCUT2D eigenvalue weighted by molar-refractivity contribution is 0.0941. The molecule has 0 aliphatic heterocycles. The Labute approximate surface area is 186 Å². The first kappa shape index (κ1) is 20.7. The van der Waals surface area contributed by atoms with Crippen molar-refractivity contribution in [2.24, 2.45) is 12.0 Å². The molecule has 0 unspecified atom stereocenters. The van der Waals surface area contributed by atoms with Crippen molar-refractivity contribution in [3.63, 3.8) is 0 Å². The second-order valence-corrected chi connectivity index (χ2v) is 7.98. The number of carbonyl (C=O) groups is 1. The van der Waals surface area contributed by atoms with E-state index in [0.717, 1.165) is 22.4 Å². The number of hydrogen-bond donors (Lipinski definition) is 0. The van der Waals surface area contributed by atoms with Crippen molar-refractivity contribution in [2.45, 2.75) is 12.0 Å². The molecule has 2 aromatic heterocycles. The Morgan fingerprint density at radius 3 is 2.19 bits per heavy atom. The van der Waals surface area contributed by atoms with Gasteiger partial charge < -0.3 is 4.57 Å². The number of hydrogen-bond acceptors (Lipinski definition) is 4. The lowest BCUT2D eigenvalue weighted by Crippen LogP contribution is -2.27. The van der Waals surface area contributed by atoms with Crippen LogP contribution in [0.25, 0.3) is 0 Å². The van der Waals surface area contributed by atoms with Crippen LogP contribution in [0.4, 0.5) is 0 Å². The predicted octanol–water partition coefficient (Wildman–Crippen LogP) is 5.54. The predicted molar refractivity (Wildman–Crippen MR) is 127 cm³/mol. The van der Waals surface area contributed by atoms with E-state index in [9.17, 15) is 4.79 Å². The zero-order valence-corrected chi connectivity index (χ0v) is 18.1. The molecule has 31 heavy (non-hydrogen) atoms. The largest absolute Gasteiger partial charge is 0.332 e. The molecule has 0 bridgehead atoms. The Bertz CT molecular complexity index is 1140. The first-order valence-corrected chi connectivity index (χ1v) is 11.0. The van der Waals surface area contributed by atoms with E-state index in [1.54, 1.807) is 34.4 Å². The van der Waals surface area contributed by atoms with Crippen LogP contribution in [-0.2, 0) is 7.05 Å². The van der Waals surface area contributed by atoms with Crippen molar-refractivity contribution in [3.05, 3.63) is 125 Å². The van der Waals surface area contributed by atoms with Crippen LogP contribution in [0, 0.1) is 0 Å². The third-order valence-corrected chi connectivity index (χ3v) is 5.88. The molecule has 0 spiro atoms. The quantitative estimate of drug-likeness (QED) is 0.211. The molecule has 0 amide bonds. The van der Waals surface area contributed by atoms with E-state index in [1.165, 1.54) is 0 Å². The molecule has 2 heterocycles. The molecule has 4 rings (SSSR count). The lowest BCUT2D eigenvalue weighted by atomic mass is 9.88. The zero-order valence-electron chi connectivity index (χ0n) is 17.3. The average molecular weight is 426 g/mol. The molecule has 0 fully saturated rings. The van der Waals surface area contributed by atoms with Gasteiger partial charge >= 0.3 is 0 Å². The number of thiophene rings is 1. The van der Waals surface area contributed by atoms with Crippen molar-refractivity contribution in [3.8, 4) is 0 Å². The van der Waals surface area contributed by atoms with Crippen LogP contribution in [0.15, 0.2) is 108 Å². The summed E-state index contributed by atoms with van der Waals surface area (Å²) in [4.78, 5) is 23.0. The van der Waals surface area contributed by atoms with Crippen LogP contribution in [0.1, 0.15) is 33.2 Å². The Kier molecular flexibility index (Phi) is 6.34. The molecule has 4 aromatic rings. The van der Waals surface area contributed by atoms with Crippen molar-refractivity contribution < 1.29 is 4.79 Å². The van der Waals surface area contributed by atoms with Crippen molar-refractivity contribution in [1.29, 1.82) is 0 Å². The van der Waals surface area contributed by atoms with E-state index < -0.39 is 12.0 Å². The first-order valence-electron chi connectivity index (χ1n) is 10.0. The van der Waals surface area contributed by atoms with Gasteiger partial charge in [0.2, 0.25) is 5.78 Å². The minimum Gasteiger partial charge on any atom is -0.332 e.